The van der Waals surface area contributed by atoms with Crippen LogP contribution < -0.4 is 5.32 Å². The summed E-state index contributed by atoms with van der Waals surface area (Å²) in [5, 5.41) is 12.1. The van der Waals surface area contributed by atoms with Crippen LogP contribution in [0.25, 0.3) is 0 Å². The molecule has 108 valence electrons. The zero-order chi connectivity index (χ0) is 14.3. The summed E-state index contributed by atoms with van der Waals surface area (Å²) in [7, 11) is 0. The van der Waals surface area contributed by atoms with E-state index in [1.54, 1.807) is 6.92 Å². The number of carboxylic acids is 1. The van der Waals surface area contributed by atoms with Crippen molar-refractivity contribution in [1.82, 2.24) is 5.32 Å². The van der Waals surface area contributed by atoms with E-state index in [4.69, 9.17) is 0 Å². The lowest BCUT2D eigenvalue weighted by Gasteiger charge is -2.25. The Labute approximate surface area is 125 Å². The van der Waals surface area contributed by atoms with Crippen molar-refractivity contribution in [2.45, 2.75) is 37.5 Å². The van der Waals surface area contributed by atoms with Gasteiger partial charge in [-0.25, -0.2) is 4.79 Å². The van der Waals surface area contributed by atoms with Gasteiger partial charge < -0.3 is 10.4 Å². The number of aryl methyl sites for hydroxylation is 1. The average Bonchev–Trinajstić information content (AvgIpc) is 3.17. The SMILES string of the molecule is CC(NC(=O)c1cc2c(s1)CCSC2)(C(=O)O)C1CC1. The Morgan fingerprint density at radius 1 is 1.45 bits per heavy atom. The van der Waals surface area contributed by atoms with Gasteiger partial charge in [0.15, 0.2) is 0 Å². The summed E-state index contributed by atoms with van der Waals surface area (Å²) >= 11 is 3.39. The van der Waals surface area contributed by atoms with Gasteiger partial charge in [0.2, 0.25) is 0 Å². The van der Waals surface area contributed by atoms with E-state index >= 15 is 0 Å². The van der Waals surface area contributed by atoms with Gasteiger partial charge in [0.25, 0.3) is 5.91 Å². The third-order valence-electron chi connectivity index (χ3n) is 4.06. The number of nitrogens with one attached hydrogen (secondary N) is 1. The van der Waals surface area contributed by atoms with Gasteiger partial charge in [0.05, 0.1) is 4.88 Å². The molecule has 1 aromatic heterocycles. The van der Waals surface area contributed by atoms with E-state index in [-0.39, 0.29) is 11.8 Å². The van der Waals surface area contributed by atoms with Gasteiger partial charge >= 0.3 is 5.97 Å². The van der Waals surface area contributed by atoms with Crippen molar-refractivity contribution in [3.8, 4) is 0 Å². The molecule has 2 aliphatic rings. The molecule has 3 rings (SSSR count). The third kappa shape index (κ3) is 2.46. The monoisotopic (exact) mass is 311 g/mol. The molecular weight excluding hydrogens is 294 g/mol. The van der Waals surface area contributed by atoms with Crippen LogP contribution in [0.5, 0.6) is 0 Å². The minimum Gasteiger partial charge on any atom is -0.480 e. The second-order valence-corrected chi connectivity index (χ2v) is 7.84. The van der Waals surface area contributed by atoms with E-state index in [0.717, 1.165) is 30.8 Å². The second-order valence-electron chi connectivity index (χ2n) is 5.60. The van der Waals surface area contributed by atoms with Crippen LogP contribution in [-0.4, -0.2) is 28.3 Å². The third-order valence-corrected chi connectivity index (χ3v) is 6.31. The number of carbonyl (C=O) groups excluding carboxylic acids is 1. The highest BCUT2D eigenvalue weighted by atomic mass is 32.2. The molecule has 0 radical (unpaired) electrons. The molecule has 0 spiro atoms. The smallest absolute Gasteiger partial charge is 0.329 e. The molecule has 1 amide bonds. The van der Waals surface area contributed by atoms with Gasteiger partial charge in [-0.3, -0.25) is 4.79 Å². The first-order chi connectivity index (χ1) is 9.50. The average molecular weight is 311 g/mol. The van der Waals surface area contributed by atoms with E-state index < -0.39 is 11.5 Å². The molecule has 0 bridgehead atoms. The molecule has 0 saturated heterocycles. The topological polar surface area (TPSA) is 66.4 Å². The van der Waals surface area contributed by atoms with E-state index in [1.165, 1.54) is 21.8 Å². The summed E-state index contributed by atoms with van der Waals surface area (Å²) in [4.78, 5) is 25.7. The van der Waals surface area contributed by atoms with Crippen LogP contribution in [0.1, 0.15) is 39.9 Å². The highest BCUT2D eigenvalue weighted by molar-refractivity contribution is 7.98. The van der Waals surface area contributed by atoms with Crippen LogP contribution in [-0.2, 0) is 17.0 Å². The Kier molecular flexibility index (Phi) is 3.54. The summed E-state index contributed by atoms with van der Waals surface area (Å²) in [6.07, 6.45) is 2.76. The number of thiophene rings is 1. The normalized spacial score (nSPS) is 20.9. The van der Waals surface area contributed by atoms with Crippen molar-refractivity contribution >= 4 is 35.0 Å². The highest BCUT2D eigenvalue weighted by Gasteiger charge is 2.48. The van der Waals surface area contributed by atoms with Gasteiger partial charge in [-0.05, 0) is 49.5 Å². The van der Waals surface area contributed by atoms with Gasteiger partial charge in [0, 0.05) is 10.6 Å². The number of fused-ring (bicyclic) bond motifs is 1. The Morgan fingerprint density at radius 2 is 2.20 bits per heavy atom. The first kappa shape index (κ1) is 13.9. The maximum absolute atomic E-state index is 12.3. The largest absolute Gasteiger partial charge is 0.480 e. The van der Waals surface area contributed by atoms with E-state index in [0.29, 0.717) is 4.88 Å². The molecule has 1 unspecified atom stereocenters. The molecule has 6 heteroatoms. The van der Waals surface area contributed by atoms with Crippen LogP contribution in [0.4, 0.5) is 0 Å². The maximum Gasteiger partial charge on any atom is 0.329 e. The number of carbonyl (C=O) groups is 2. The number of thioether (sulfide) groups is 1. The number of rotatable bonds is 4. The molecule has 1 aromatic rings. The highest BCUT2D eigenvalue weighted by Crippen LogP contribution is 2.40. The standard InChI is InChI=1S/C14H17NO3S2/c1-14(13(17)18,9-2-3-9)15-12(16)11-6-8-7-19-5-4-10(8)20-11/h6,9H,2-5,7H2,1H3,(H,15,16)(H,17,18). The molecular formula is C14H17NO3S2. The predicted molar refractivity (Wildman–Crippen MR) is 80.4 cm³/mol. The van der Waals surface area contributed by atoms with Crippen molar-refractivity contribution in [3.05, 3.63) is 21.4 Å². The van der Waals surface area contributed by atoms with Gasteiger partial charge in [0.1, 0.15) is 5.54 Å². The molecule has 1 aliphatic carbocycles. The predicted octanol–water partition coefficient (Wildman–Crippen LogP) is 2.52. The van der Waals surface area contributed by atoms with Gasteiger partial charge in [-0.15, -0.1) is 11.3 Å². The second kappa shape index (κ2) is 5.07. The maximum atomic E-state index is 12.3. The molecule has 1 atom stereocenters. The van der Waals surface area contributed by atoms with Crippen LogP contribution >= 0.6 is 23.1 Å². The Hall–Kier alpha value is -1.01. The van der Waals surface area contributed by atoms with Crippen molar-refractivity contribution in [1.29, 1.82) is 0 Å². The molecule has 1 aliphatic heterocycles. The van der Waals surface area contributed by atoms with Crippen LogP contribution in [0.2, 0.25) is 0 Å². The van der Waals surface area contributed by atoms with E-state index in [9.17, 15) is 14.7 Å². The molecule has 4 nitrogen and oxygen atoms in total. The molecule has 1 saturated carbocycles. The number of carboxylic acid groups (broad SMARTS) is 1. The lowest BCUT2D eigenvalue weighted by atomic mass is 9.96. The minimum atomic E-state index is -1.13. The number of amides is 1. The minimum absolute atomic E-state index is 0.0640. The van der Waals surface area contributed by atoms with Gasteiger partial charge in [-0.2, -0.15) is 11.8 Å². The Balaban J connectivity index is 1.78. The zero-order valence-corrected chi connectivity index (χ0v) is 12.9. The number of hydrogen-bond donors (Lipinski definition) is 2. The fraction of sp³-hybridized carbons (Fsp3) is 0.571. The van der Waals surface area contributed by atoms with Crippen molar-refractivity contribution in [3.63, 3.8) is 0 Å². The number of aliphatic carboxylic acids is 1. The number of hydrogen-bond acceptors (Lipinski definition) is 4. The van der Waals surface area contributed by atoms with E-state index in [1.807, 2.05) is 17.8 Å². The summed E-state index contributed by atoms with van der Waals surface area (Å²) in [6, 6.07) is 1.93. The Bertz CT molecular complexity index is 541. The Morgan fingerprint density at radius 3 is 2.80 bits per heavy atom. The summed E-state index contributed by atoms with van der Waals surface area (Å²) < 4.78 is 0. The summed E-state index contributed by atoms with van der Waals surface area (Å²) in [5.74, 6) is 0.937. The van der Waals surface area contributed by atoms with Crippen LogP contribution in [0.3, 0.4) is 0 Å². The quantitative estimate of drug-likeness (QED) is 0.896. The first-order valence-electron chi connectivity index (χ1n) is 6.76. The van der Waals surface area contributed by atoms with Crippen molar-refractivity contribution < 1.29 is 14.7 Å². The van der Waals surface area contributed by atoms with E-state index in [2.05, 4.69) is 5.32 Å². The van der Waals surface area contributed by atoms with Gasteiger partial charge in [-0.1, -0.05) is 0 Å². The van der Waals surface area contributed by atoms with Crippen LogP contribution in [0, 0.1) is 5.92 Å². The summed E-state index contributed by atoms with van der Waals surface area (Å²) in [6.45, 7) is 1.62. The molecule has 0 aromatic carbocycles. The zero-order valence-electron chi connectivity index (χ0n) is 11.3. The molecule has 2 N–H and O–H groups in total. The fourth-order valence-corrected chi connectivity index (χ4v) is 4.81. The summed E-state index contributed by atoms with van der Waals surface area (Å²) in [5.41, 5.74) is 0.107. The van der Waals surface area contributed by atoms with Crippen molar-refractivity contribution in [2.24, 2.45) is 5.92 Å². The first-order valence-corrected chi connectivity index (χ1v) is 8.73. The van der Waals surface area contributed by atoms with Crippen molar-refractivity contribution in [2.75, 3.05) is 5.75 Å². The van der Waals surface area contributed by atoms with Crippen LogP contribution in [0.15, 0.2) is 6.07 Å². The lowest BCUT2D eigenvalue weighted by Crippen LogP contribution is -2.53. The molecule has 20 heavy (non-hydrogen) atoms. The lowest BCUT2D eigenvalue weighted by molar-refractivity contribution is -0.144. The molecule has 2 heterocycles. The fourth-order valence-electron chi connectivity index (χ4n) is 2.55. The molecule has 1 fully saturated rings.